The number of methoxy groups -OCH3 is 1. The summed E-state index contributed by atoms with van der Waals surface area (Å²) in [6.45, 7) is 6.87. The smallest absolute Gasteiger partial charge is 0.128 e. The maximum atomic E-state index is 5.00. The zero-order valence-electron chi connectivity index (χ0n) is 12.1. The van der Waals surface area contributed by atoms with Crippen molar-refractivity contribution >= 4 is 5.82 Å². The average molecular weight is 263 g/mol. The van der Waals surface area contributed by atoms with E-state index in [4.69, 9.17) is 4.74 Å². The molecule has 19 heavy (non-hydrogen) atoms. The van der Waals surface area contributed by atoms with Crippen molar-refractivity contribution in [3.63, 3.8) is 0 Å². The second-order valence-electron chi connectivity index (χ2n) is 5.18. The van der Waals surface area contributed by atoms with E-state index in [2.05, 4.69) is 34.3 Å². The lowest BCUT2D eigenvalue weighted by Crippen LogP contribution is -2.26. The molecule has 0 saturated heterocycles. The topological polar surface area (TPSA) is 37.4 Å². The van der Waals surface area contributed by atoms with Crippen LogP contribution >= 0.6 is 0 Å². The van der Waals surface area contributed by atoms with Gasteiger partial charge in [-0.2, -0.15) is 0 Å². The molecule has 0 atom stereocenters. The zero-order chi connectivity index (χ0) is 13.5. The summed E-state index contributed by atoms with van der Waals surface area (Å²) in [6.07, 6.45) is 4.75. The van der Waals surface area contributed by atoms with Gasteiger partial charge in [-0.1, -0.05) is 6.07 Å². The highest BCUT2D eigenvalue weighted by Gasteiger charge is 2.24. The number of hydrogen-bond donors (Lipinski definition) is 1. The number of pyridine rings is 1. The van der Waals surface area contributed by atoms with E-state index in [9.17, 15) is 0 Å². The molecule has 1 aromatic rings. The molecule has 0 radical (unpaired) electrons. The van der Waals surface area contributed by atoms with Crippen LogP contribution in [-0.2, 0) is 11.3 Å². The number of rotatable bonds is 9. The van der Waals surface area contributed by atoms with Crippen molar-refractivity contribution in [2.24, 2.45) is 5.92 Å². The van der Waals surface area contributed by atoms with Crippen molar-refractivity contribution in [3.8, 4) is 0 Å². The van der Waals surface area contributed by atoms with Gasteiger partial charge >= 0.3 is 0 Å². The minimum atomic E-state index is 0.747. The molecule has 0 aliphatic heterocycles. The summed E-state index contributed by atoms with van der Waals surface area (Å²) < 4.78 is 5.00. The van der Waals surface area contributed by atoms with Gasteiger partial charge in [-0.15, -0.1) is 0 Å². The van der Waals surface area contributed by atoms with Gasteiger partial charge < -0.3 is 15.0 Å². The predicted octanol–water partition coefficient (Wildman–Crippen LogP) is 2.05. The second-order valence-corrected chi connectivity index (χ2v) is 5.18. The van der Waals surface area contributed by atoms with Crippen LogP contribution in [0.4, 0.5) is 5.82 Å². The Balaban J connectivity index is 1.82. The van der Waals surface area contributed by atoms with Gasteiger partial charge in [-0.05, 0) is 37.3 Å². The molecule has 1 N–H and O–H groups in total. The summed E-state index contributed by atoms with van der Waals surface area (Å²) in [5, 5.41) is 3.33. The van der Waals surface area contributed by atoms with Crippen molar-refractivity contribution in [2.75, 3.05) is 38.3 Å². The molecule has 1 aliphatic carbocycles. The average Bonchev–Trinajstić information content (AvgIpc) is 3.26. The Morgan fingerprint density at radius 2 is 2.26 bits per heavy atom. The Morgan fingerprint density at radius 3 is 2.84 bits per heavy atom. The molecule has 1 heterocycles. The Bertz CT molecular complexity index is 362. The van der Waals surface area contributed by atoms with Crippen molar-refractivity contribution in [2.45, 2.75) is 26.3 Å². The molecule has 4 heteroatoms. The van der Waals surface area contributed by atoms with E-state index in [1.165, 1.54) is 18.4 Å². The summed E-state index contributed by atoms with van der Waals surface area (Å²) in [6, 6.07) is 4.30. The molecule has 0 aromatic carbocycles. The number of nitrogens with one attached hydrogen (secondary N) is 1. The quantitative estimate of drug-likeness (QED) is 0.692. The van der Waals surface area contributed by atoms with Crippen LogP contribution in [0.5, 0.6) is 0 Å². The van der Waals surface area contributed by atoms with Crippen LogP contribution in [0.2, 0.25) is 0 Å². The predicted molar refractivity (Wildman–Crippen MR) is 78.4 cm³/mol. The number of aromatic nitrogens is 1. The fourth-order valence-electron chi connectivity index (χ4n) is 2.11. The summed E-state index contributed by atoms with van der Waals surface area (Å²) in [4.78, 5) is 6.96. The van der Waals surface area contributed by atoms with Crippen LogP contribution in [0, 0.1) is 5.92 Å². The van der Waals surface area contributed by atoms with Gasteiger partial charge in [-0.25, -0.2) is 4.98 Å². The molecule has 1 aliphatic rings. The van der Waals surface area contributed by atoms with Crippen LogP contribution in [-0.4, -0.2) is 38.3 Å². The second kappa shape index (κ2) is 7.46. The lowest BCUT2D eigenvalue weighted by atomic mass is 10.2. The molecular formula is C15H25N3O. The molecule has 1 aromatic heterocycles. The number of nitrogens with zero attached hydrogens (tertiary/aromatic N) is 2. The molecule has 106 valence electrons. The normalized spacial score (nSPS) is 14.6. The highest BCUT2D eigenvalue weighted by atomic mass is 16.5. The van der Waals surface area contributed by atoms with Gasteiger partial charge in [0.05, 0.1) is 6.61 Å². The molecule has 1 saturated carbocycles. The summed E-state index contributed by atoms with van der Waals surface area (Å²) in [5.74, 6) is 2.01. The van der Waals surface area contributed by atoms with Gasteiger partial charge in [0, 0.05) is 39.5 Å². The SMILES string of the molecule is CCN(CC1CC1)c1ccc(CNCCOC)cn1. The van der Waals surface area contributed by atoms with Gasteiger partial charge in [0.25, 0.3) is 0 Å². The highest BCUT2D eigenvalue weighted by Crippen LogP contribution is 2.30. The highest BCUT2D eigenvalue weighted by molar-refractivity contribution is 5.39. The van der Waals surface area contributed by atoms with E-state index < -0.39 is 0 Å². The first-order valence-corrected chi connectivity index (χ1v) is 7.23. The Hall–Kier alpha value is -1.13. The third-order valence-corrected chi connectivity index (χ3v) is 3.50. The maximum absolute atomic E-state index is 5.00. The van der Waals surface area contributed by atoms with Gasteiger partial charge in [-0.3, -0.25) is 0 Å². The third kappa shape index (κ3) is 4.80. The van der Waals surface area contributed by atoms with Crippen LogP contribution < -0.4 is 10.2 Å². The third-order valence-electron chi connectivity index (χ3n) is 3.50. The molecule has 1 fully saturated rings. The molecule has 0 amide bonds. The van der Waals surface area contributed by atoms with Crippen molar-refractivity contribution < 1.29 is 4.74 Å². The van der Waals surface area contributed by atoms with Crippen molar-refractivity contribution in [1.29, 1.82) is 0 Å². The van der Waals surface area contributed by atoms with Crippen LogP contribution in [0.1, 0.15) is 25.3 Å². The fourth-order valence-corrected chi connectivity index (χ4v) is 2.11. The number of hydrogen-bond acceptors (Lipinski definition) is 4. The minimum absolute atomic E-state index is 0.747. The van der Waals surface area contributed by atoms with E-state index in [1.807, 2.05) is 6.20 Å². The molecule has 0 unspecified atom stereocenters. The number of ether oxygens (including phenoxy) is 1. The van der Waals surface area contributed by atoms with Gasteiger partial charge in [0.1, 0.15) is 5.82 Å². The zero-order valence-corrected chi connectivity index (χ0v) is 12.1. The van der Waals surface area contributed by atoms with Crippen LogP contribution in [0.3, 0.4) is 0 Å². The Morgan fingerprint density at radius 1 is 1.42 bits per heavy atom. The summed E-state index contributed by atoms with van der Waals surface area (Å²) in [5.41, 5.74) is 1.22. The fraction of sp³-hybridized carbons (Fsp3) is 0.667. The lowest BCUT2D eigenvalue weighted by Gasteiger charge is -2.21. The van der Waals surface area contributed by atoms with E-state index in [1.54, 1.807) is 7.11 Å². The Labute approximate surface area is 116 Å². The van der Waals surface area contributed by atoms with E-state index in [0.29, 0.717) is 0 Å². The van der Waals surface area contributed by atoms with E-state index in [0.717, 1.165) is 44.5 Å². The van der Waals surface area contributed by atoms with E-state index in [-0.39, 0.29) is 0 Å². The van der Waals surface area contributed by atoms with Crippen LogP contribution in [0.15, 0.2) is 18.3 Å². The monoisotopic (exact) mass is 263 g/mol. The maximum Gasteiger partial charge on any atom is 0.128 e. The molecular weight excluding hydrogens is 238 g/mol. The molecule has 4 nitrogen and oxygen atoms in total. The van der Waals surface area contributed by atoms with E-state index >= 15 is 0 Å². The first kappa shape index (κ1) is 14.3. The van der Waals surface area contributed by atoms with Crippen LogP contribution in [0.25, 0.3) is 0 Å². The number of anilines is 1. The molecule has 2 rings (SSSR count). The summed E-state index contributed by atoms with van der Waals surface area (Å²) >= 11 is 0. The standard InChI is InChI=1S/C15H25N3O/c1-3-18(12-13-4-5-13)15-7-6-14(11-17-15)10-16-8-9-19-2/h6-7,11,13,16H,3-5,8-10,12H2,1-2H3. The summed E-state index contributed by atoms with van der Waals surface area (Å²) in [7, 11) is 1.72. The first-order chi connectivity index (χ1) is 9.33. The lowest BCUT2D eigenvalue weighted by molar-refractivity contribution is 0.199. The van der Waals surface area contributed by atoms with Crippen molar-refractivity contribution in [1.82, 2.24) is 10.3 Å². The minimum Gasteiger partial charge on any atom is -0.383 e. The molecule has 0 spiro atoms. The van der Waals surface area contributed by atoms with Crippen molar-refractivity contribution in [3.05, 3.63) is 23.9 Å². The Kier molecular flexibility index (Phi) is 5.61. The first-order valence-electron chi connectivity index (χ1n) is 7.23. The van der Waals surface area contributed by atoms with Gasteiger partial charge in [0.2, 0.25) is 0 Å². The van der Waals surface area contributed by atoms with Gasteiger partial charge in [0.15, 0.2) is 0 Å². The largest absolute Gasteiger partial charge is 0.383 e. The molecule has 0 bridgehead atoms.